The van der Waals surface area contributed by atoms with Crippen molar-refractivity contribution in [1.29, 1.82) is 0 Å². The molecule has 2 N–H and O–H groups in total. The second-order valence-electron chi connectivity index (χ2n) is 5.18. The Kier molecular flexibility index (Phi) is 4.60. The van der Waals surface area contributed by atoms with Crippen LogP contribution in [-0.4, -0.2) is 28.2 Å². The minimum Gasteiger partial charge on any atom is -0.395 e. The van der Waals surface area contributed by atoms with E-state index in [-0.39, 0.29) is 11.8 Å². The van der Waals surface area contributed by atoms with E-state index in [1.165, 1.54) is 0 Å². The summed E-state index contributed by atoms with van der Waals surface area (Å²) in [6.07, 6.45) is 0. The van der Waals surface area contributed by atoms with Gasteiger partial charge in [0.25, 0.3) is 0 Å². The van der Waals surface area contributed by atoms with Gasteiger partial charge in [-0.25, -0.2) is 4.79 Å². The lowest BCUT2D eigenvalue weighted by atomic mass is 10.0. The van der Waals surface area contributed by atoms with E-state index in [0.717, 1.165) is 16.3 Å². The van der Waals surface area contributed by atoms with Gasteiger partial charge in [-0.1, -0.05) is 54.1 Å². The van der Waals surface area contributed by atoms with Crippen LogP contribution in [0.15, 0.2) is 53.3 Å². The van der Waals surface area contributed by atoms with Crippen molar-refractivity contribution in [3.05, 3.63) is 69.7 Å². The number of aromatic nitrogens is 2. The number of benzene rings is 2. The molecule has 0 saturated carbocycles. The number of nitrogens with zero attached hydrogens (tertiary/aromatic N) is 2. The van der Waals surface area contributed by atoms with Crippen LogP contribution in [0.5, 0.6) is 0 Å². The van der Waals surface area contributed by atoms with Crippen LogP contribution in [0, 0.1) is 0 Å². The molecule has 1 heterocycles. The maximum Gasteiger partial charge on any atom is 0.348 e. The van der Waals surface area contributed by atoms with Crippen molar-refractivity contribution >= 4 is 28.2 Å². The number of anilines is 1. The number of aliphatic hydroxyl groups is 1. The van der Waals surface area contributed by atoms with E-state index in [9.17, 15) is 9.90 Å². The molecular weight excluding hydrogens is 314 g/mol. The molecule has 0 aliphatic carbocycles. The van der Waals surface area contributed by atoms with Crippen molar-refractivity contribution in [2.24, 2.45) is 0 Å². The van der Waals surface area contributed by atoms with Gasteiger partial charge in [-0.2, -0.15) is 4.98 Å². The Labute approximate surface area is 138 Å². The van der Waals surface area contributed by atoms with E-state index >= 15 is 0 Å². The molecule has 0 aliphatic heterocycles. The molecule has 1 aromatic heterocycles. The molecular formula is C17H16ClN3O2. The number of nitrogens with one attached hydrogen (secondary N) is 1. The van der Waals surface area contributed by atoms with Gasteiger partial charge in [0.05, 0.1) is 6.61 Å². The van der Waals surface area contributed by atoms with Gasteiger partial charge in [-0.3, -0.25) is 4.98 Å². The highest BCUT2D eigenvalue weighted by molar-refractivity contribution is 6.29. The molecule has 6 heteroatoms. The van der Waals surface area contributed by atoms with E-state index < -0.39 is 5.69 Å². The molecule has 0 fully saturated rings. The molecule has 5 nitrogen and oxygen atoms in total. The van der Waals surface area contributed by atoms with E-state index in [0.29, 0.717) is 18.9 Å². The number of hydrogen-bond acceptors (Lipinski definition) is 4. The van der Waals surface area contributed by atoms with Gasteiger partial charge < -0.3 is 10.0 Å². The SMILES string of the molecule is O=c1nc(N(CCO)Cc2cccc3ccccc23)cc(Cl)[nH]1. The molecule has 0 atom stereocenters. The predicted molar refractivity (Wildman–Crippen MR) is 92.0 cm³/mol. The topological polar surface area (TPSA) is 69.2 Å². The molecule has 0 radical (unpaired) electrons. The molecule has 0 spiro atoms. The summed E-state index contributed by atoms with van der Waals surface area (Å²) in [6, 6.07) is 15.8. The summed E-state index contributed by atoms with van der Waals surface area (Å²) in [5.41, 5.74) is 0.586. The van der Waals surface area contributed by atoms with Crippen LogP contribution in [0.4, 0.5) is 5.82 Å². The van der Waals surface area contributed by atoms with Gasteiger partial charge >= 0.3 is 5.69 Å². The Morgan fingerprint density at radius 3 is 2.74 bits per heavy atom. The maximum atomic E-state index is 11.5. The fraction of sp³-hybridized carbons (Fsp3) is 0.176. The lowest BCUT2D eigenvalue weighted by molar-refractivity contribution is 0.301. The molecule has 0 bridgehead atoms. The van der Waals surface area contributed by atoms with Crippen LogP contribution in [0.25, 0.3) is 10.8 Å². The van der Waals surface area contributed by atoms with Gasteiger partial charge in [0.15, 0.2) is 0 Å². The fourth-order valence-electron chi connectivity index (χ4n) is 2.61. The Hall–Kier alpha value is -2.37. The number of fused-ring (bicyclic) bond motifs is 1. The van der Waals surface area contributed by atoms with Gasteiger partial charge in [0, 0.05) is 19.2 Å². The molecule has 0 amide bonds. The van der Waals surface area contributed by atoms with Gasteiger partial charge in [0.2, 0.25) is 0 Å². The third kappa shape index (κ3) is 3.52. The van der Waals surface area contributed by atoms with E-state index in [4.69, 9.17) is 11.6 Å². The van der Waals surface area contributed by atoms with Crippen LogP contribution in [0.3, 0.4) is 0 Å². The van der Waals surface area contributed by atoms with Crippen molar-refractivity contribution in [2.45, 2.75) is 6.54 Å². The molecule has 3 rings (SSSR count). The summed E-state index contributed by atoms with van der Waals surface area (Å²) < 4.78 is 0. The molecule has 118 valence electrons. The summed E-state index contributed by atoms with van der Waals surface area (Å²) in [5.74, 6) is 0.445. The Bertz CT molecular complexity index is 874. The Morgan fingerprint density at radius 1 is 1.17 bits per heavy atom. The molecule has 3 aromatic rings. The van der Waals surface area contributed by atoms with Gasteiger partial charge in [-0.05, 0) is 16.3 Å². The number of H-pyrrole nitrogens is 1. The molecule has 0 aliphatic rings. The standard InChI is InChI=1S/C17H16ClN3O2/c18-15-10-16(20-17(23)19-15)21(8-9-22)11-13-6-3-5-12-4-1-2-7-14(12)13/h1-7,10,22H,8-9,11H2,(H,19,20,23). The van der Waals surface area contributed by atoms with Crippen LogP contribution < -0.4 is 10.6 Å². The van der Waals surface area contributed by atoms with Crippen molar-refractivity contribution in [3.63, 3.8) is 0 Å². The first-order chi connectivity index (χ1) is 11.2. The van der Waals surface area contributed by atoms with Crippen molar-refractivity contribution in [3.8, 4) is 0 Å². The number of aliphatic hydroxyl groups excluding tert-OH is 1. The summed E-state index contributed by atoms with van der Waals surface area (Å²) >= 11 is 5.91. The smallest absolute Gasteiger partial charge is 0.348 e. The summed E-state index contributed by atoms with van der Waals surface area (Å²) in [4.78, 5) is 19.7. The number of rotatable bonds is 5. The molecule has 23 heavy (non-hydrogen) atoms. The second-order valence-corrected chi connectivity index (χ2v) is 5.58. The minimum absolute atomic E-state index is 0.0448. The third-order valence-corrected chi connectivity index (χ3v) is 3.84. The highest BCUT2D eigenvalue weighted by Gasteiger charge is 2.12. The predicted octanol–water partition coefficient (Wildman–Crippen LogP) is 2.58. The largest absolute Gasteiger partial charge is 0.395 e. The van der Waals surface area contributed by atoms with Crippen LogP contribution >= 0.6 is 11.6 Å². The monoisotopic (exact) mass is 329 g/mol. The van der Waals surface area contributed by atoms with E-state index in [1.54, 1.807) is 6.07 Å². The molecule has 2 aromatic carbocycles. The zero-order valence-corrected chi connectivity index (χ0v) is 13.1. The quantitative estimate of drug-likeness (QED) is 0.706. The van der Waals surface area contributed by atoms with Crippen LogP contribution in [0.1, 0.15) is 5.56 Å². The maximum absolute atomic E-state index is 11.5. The third-order valence-electron chi connectivity index (χ3n) is 3.63. The average molecular weight is 330 g/mol. The van der Waals surface area contributed by atoms with Crippen molar-refractivity contribution in [2.75, 3.05) is 18.1 Å². The van der Waals surface area contributed by atoms with Crippen LogP contribution in [-0.2, 0) is 6.54 Å². The first kappa shape index (κ1) is 15.5. The van der Waals surface area contributed by atoms with Gasteiger partial charge in [0.1, 0.15) is 11.0 Å². The lowest BCUT2D eigenvalue weighted by Crippen LogP contribution is -2.29. The zero-order chi connectivity index (χ0) is 16.2. The highest BCUT2D eigenvalue weighted by Crippen LogP contribution is 2.22. The molecule has 0 saturated heterocycles. The van der Waals surface area contributed by atoms with Gasteiger partial charge in [-0.15, -0.1) is 0 Å². The first-order valence-corrected chi connectivity index (χ1v) is 7.64. The number of halogens is 1. The summed E-state index contributed by atoms with van der Waals surface area (Å²) in [5, 5.41) is 11.8. The fourth-order valence-corrected chi connectivity index (χ4v) is 2.79. The number of hydrogen-bond donors (Lipinski definition) is 2. The normalized spacial score (nSPS) is 10.9. The average Bonchev–Trinajstić information content (AvgIpc) is 2.54. The first-order valence-electron chi connectivity index (χ1n) is 7.26. The lowest BCUT2D eigenvalue weighted by Gasteiger charge is -2.23. The summed E-state index contributed by atoms with van der Waals surface area (Å²) in [6.45, 7) is 0.835. The van der Waals surface area contributed by atoms with Crippen molar-refractivity contribution in [1.82, 2.24) is 9.97 Å². The zero-order valence-electron chi connectivity index (χ0n) is 12.4. The highest BCUT2D eigenvalue weighted by atomic mass is 35.5. The Morgan fingerprint density at radius 2 is 1.96 bits per heavy atom. The van der Waals surface area contributed by atoms with E-state index in [2.05, 4.69) is 28.2 Å². The van der Waals surface area contributed by atoms with Crippen LogP contribution in [0.2, 0.25) is 5.15 Å². The van der Waals surface area contributed by atoms with E-state index in [1.807, 2.05) is 29.2 Å². The summed E-state index contributed by atoms with van der Waals surface area (Å²) in [7, 11) is 0. The second kappa shape index (κ2) is 6.81. The Balaban J connectivity index is 2.00. The minimum atomic E-state index is -0.506. The molecule has 0 unspecified atom stereocenters. The van der Waals surface area contributed by atoms with Crippen molar-refractivity contribution < 1.29 is 5.11 Å². The number of aromatic amines is 1.